The number of halogens is 3. The topological polar surface area (TPSA) is 66.0 Å². The summed E-state index contributed by atoms with van der Waals surface area (Å²) in [5.74, 6) is -0.0380. The molecule has 116 valence electrons. The molecule has 0 aliphatic rings. The molecule has 0 aliphatic carbocycles. The average Bonchev–Trinajstić information content (AvgIpc) is 2.50. The molecule has 7 heteroatoms. The fourth-order valence-electron chi connectivity index (χ4n) is 2.15. The van der Waals surface area contributed by atoms with Crippen molar-refractivity contribution in [1.82, 2.24) is 0 Å². The molecule has 0 saturated heterocycles. The minimum atomic E-state index is -4.60. The zero-order valence-electron chi connectivity index (χ0n) is 11.6. The maximum absolute atomic E-state index is 13.2. The Hall–Kier alpha value is -3.19. The Balaban J connectivity index is 2.55. The second kappa shape index (κ2) is 6.71. The van der Waals surface area contributed by atoms with Crippen molar-refractivity contribution in [2.75, 3.05) is 0 Å². The third-order valence-corrected chi connectivity index (χ3v) is 3.09. The Bertz CT molecular complexity index is 789. The van der Waals surface area contributed by atoms with Crippen LogP contribution < -0.4 is 9.47 Å². The largest absolute Gasteiger partial charge is 0.416 e. The molecule has 0 aliphatic heterocycles. The Morgan fingerprint density at radius 1 is 0.870 bits per heavy atom. The van der Waals surface area contributed by atoms with Crippen LogP contribution in [0.2, 0.25) is 0 Å². The second-order valence-electron chi connectivity index (χ2n) is 4.45. The van der Waals surface area contributed by atoms with Crippen molar-refractivity contribution in [1.29, 1.82) is 10.5 Å². The first-order valence-electron chi connectivity index (χ1n) is 6.36. The van der Waals surface area contributed by atoms with Crippen molar-refractivity contribution in [2.45, 2.75) is 12.6 Å². The Labute approximate surface area is 129 Å². The lowest BCUT2D eigenvalue weighted by molar-refractivity contribution is -0.138. The van der Waals surface area contributed by atoms with Crippen molar-refractivity contribution >= 4 is 0 Å². The van der Waals surface area contributed by atoms with Crippen LogP contribution in [0, 0.1) is 23.0 Å². The van der Waals surface area contributed by atoms with Crippen molar-refractivity contribution < 1.29 is 22.6 Å². The van der Waals surface area contributed by atoms with E-state index in [-0.39, 0.29) is 23.5 Å². The van der Waals surface area contributed by atoms with Crippen LogP contribution >= 0.6 is 0 Å². The van der Waals surface area contributed by atoms with E-state index >= 15 is 0 Å². The van der Waals surface area contributed by atoms with E-state index in [4.69, 9.17) is 15.3 Å². The molecule has 0 heterocycles. The van der Waals surface area contributed by atoms with Gasteiger partial charge in [-0.25, -0.2) is 0 Å². The molecule has 0 unspecified atom stereocenters. The number of nitrogens with zero attached hydrogens (tertiary/aromatic N) is 2. The van der Waals surface area contributed by atoms with Crippen LogP contribution in [-0.4, -0.2) is 0 Å². The van der Waals surface area contributed by atoms with E-state index in [0.29, 0.717) is 5.56 Å². The fourth-order valence-corrected chi connectivity index (χ4v) is 2.15. The number of ether oxygens (including phenoxy) is 2. The molecule has 0 amide bonds. The molecule has 4 nitrogen and oxygen atoms in total. The number of benzene rings is 2. The molecule has 2 aromatic rings. The second-order valence-corrected chi connectivity index (χ2v) is 4.45. The molecule has 0 spiro atoms. The summed E-state index contributed by atoms with van der Waals surface area (Å²) in [5.41, 5.74) is -0.735. The first kappa shape index (κ1) is 16.2. The van der Waals surface area contributed by atoms with Crippen molar-refractivity contribution in [3.05, 3.63) is 59.2 Å². The normalized spacial score (nSPS) is 10.5. The SMILES string of the molecule is N#COc1ccccc1Cc1c(OC#N)cccc1C(F)(F)F. The summed E-state index contributed by atoms with van der Waals surface area (Å²) >= 11 is 0. The fraction of sp³-hybridized carbons (Fsp3) is 0.125. The van der Waals surface area contributed by atoms with Crippen LogP contribution in [0.4, 0.5) is 13.2 Å². The predicted octanol–water partition coefficient (Wildman–Crippen LogP) is 4.02. The lowest BCUT2D eigenvalue weighted by atomic mass is 9.97. The van der Waals surface area contributed by atoms with Gasteiger partial charge in [-0.05, 0) is 18.2 Å². The van der Waals surface area contributed by atoms with Gasteiger partial charge in [0.15, 0.2) is 0 Å². The molecule has 0 bridgehead atoms. The summed E-state index contributed by atoms with van der Waals surface area (Å²) in [6.45, 7) is 0. The molecule has 0 atom stereocenters. The van der Waals surface area contributed by atoms with Gasteiger partial charge in [-0.1, -0.05) is 24.3 Å². The maximum atomic E-state index is 13.2. The highest BCUT2D eigenvalue weighted by Gasteiger charge is 2.34. The van der Waals surface area contributed by atoms with Crippen molar-refractivity contribution in [2.24, 2.45) is 0 Å². The lowest BCUT2D eigenvalue weighted by Gasteiger charge is -2.16. The Morgan fingerprint density at radius 2 is 1.48 bits per heavy atom. The van der Waals surface area contributed by atoms with Crippen LogP contribution in [0.1, 0.15) is 16.7 Å². The summed E-state index contributed by atoms with van der Waals surface area (Å²) in [6, 6.07) is 9.57. The van der Waals surface area contributed by atoms with Gasteiger partial charge in [0.25, 0.3) is 12.5 Å². The van der Waals surface area contributed by atoms with Crippen LogP contribution in [-0.2, 0) is 12.6 Å². The molecule has 0 fully saturated rings. The third-order valence-electron chi connectivity index (χ3n) is 3.09. The highest BCUT2D eigenvalue weighted by atomic mass is 19.4. The Morgan fingerprint density at radius 3 is 2.13 bits per heavy atom. The highest BCUT2D eigenvalue weighted by Crippen LogP contribution is 2.38. The van der Waals surface area contributed by atoms with Gasteiger partial charge in [-0.2, -0.15) is 13.2 Å². The molecular weight excluding hydrogens is 309 g/mol. The summed E-state index contributed by atoms with van der Waals surface area (Å²) in [7, 11) is 0. The predicted molar refractivity (Wildman–Crippen MR) is 73.2 cm³/mol. The summed E-state index contributed by atoms with van der Waals surface area (Å²) in [5, 5.41) is 17.2. The molecule has 0 aromatic heterocycles. The first-order chi connectivity index (χ1) is 11.0. The number of para-hydroxylation sites is 1. The van der Waals surface area contributed by atoms with Gasteiger partial charge in [-0.15, -0.1) is 10.5 Å². The van der Waals surface area contributed by atoms with E-state index < -0.39 is 11.7 Å². The standard InChI is InChI=1S/C16H9F3N2O2/c17-16(18,19)13-5-3-7-15(23-10-21)12(13)8-11-4-1-2-6-14(11)22-9-20/h1-7H,8H2. The zero-order chi connectivity index (χ0) is 16.9. The molecular formula is C16H9F3N2O2. The lowest BCUT2D eigenvalue weighted by Crippen LogP contribution is -2.11. The minimum Gasteiger partial charge on any atom is -0.388 e. The first-order valence-corrected chi connectivity index (χ1v) is 6.36. The van der Waals surface area contributed by atoms with E-state index in [0.717, 1.165) is 12.1 Å². The molecule has 23 heavy (non-hydrogen) atoms. The van der Waals surface area contributed by atoms with Crippen molar-refractivity contribution in [3.63, 3.8) is 0 Å². The van der Waals surface area contributed by atoms with Gasteiger partial charge in [0.2, 0.25) is 0 Å². The van der Waals surface area contributed by atoms with Crippen LogP contribution in [0.15, 0.2) is 42.5 Å². The van der Waals surface area contributed by atoms with Crippen molar-refractivity contribution in [3.8, 4) is 24.0 Å². The molecule has 0 radical (unpaired) electrons. The maximum Gasteiger partial charge on any atom is 0.416 e. The quantitative estimate of drug-likeness (QED) is 0.799. The molecule has 0 N–H and O–H groups in total. The number of rotatable bonds is 4. The summed E-state index contributed by atoms with van der Waals surface area (Å²) in [6.07, 6.45) is -1.94. The number of alkyl halides is 3. The van der Waals surface area contributed by atoms with E-state index in [1.54, 1.807) is 12.1 Å². The van der Waals surface area contributed by atoms with Gasteiger partial charge in [0.05, 0.1) is 5.56 Å². The van der Waals surface area contributed by atoms with Gasteiger partial charge < -0.3 is 9.47 Å². The van der Waals surface area contributed by atoms with Gasteiger partial charge in [0, 0.05) is 17.5 Å². The zero-order valence-corrected chi connectivity index (χ0v) is 11.6. The van der Waals surface area contributed by atoms with Crippen LogP contribution in [0.3, 0.4) is 0 Å². The molecule has 2 rings (SSSR count). The number of hydrogen-bond donors (Lipinski definition) is 0. The summed E-state index contributed by atoms with van der Waals surface area (Å²) < 4.78 is 49.0. The number of hydrogen-bond acceptors (Lipinski definition) is 4. The highest BCUT2D eigenvalue weighted by molar-refractivity contribution is 5.48. The van der Waals surface area contributed by atoms with Crippen LogP contribution in [0.5, 0.6) is 11.5 Å². The van der Waals surface area contributed by atoms with Gasteiger partial charge in [-0.3, -0.25) is 0 Å². The Kier molecular flexibility index (Phi) is 4.72. The molecule has 0 saturated carbocycles. The summed E-state index contributed by atoms with van der Waals surface area (Å²) in [4.78, 5) is 0. The van der Waals surface area contributed by atoms with E-state index in [1.807, 2.05) is 0 Å². The smallest absolute Gasteiger partial charge is 0.388 e. The monoisotopic (exact) mass is 318 g/mol. The molecule has 2 aromatic carbocycles. The third kappa shape index (κ3) is 3.72. The number of nitriles is 2. The van der Waals surface area contributed by atoms with Gasteiger partial charge in [0.1, 0.15) is 11.5 Å². The van der Waals surface area contributed by atoms with Gasteiger partial charge >= 0.3 is 6.18 Å². The van der Waals surface area contributed by atoms with Crippen LogP contribution in [0.25, 0.3) is 0 Å². The average molecular weight is 318 g/mol. The van der Waals surface area contributed by atoms with E-state index in [9.17, 15) is 13.2 Å². The van der Waals surface area contributed by atoms with E-state index in [1.165, 1.54) is 30.7 Å². The van der Waals surface area contributed by atoms with E-state index in [2.05, 4.69) is 4.74 Å². The minimum absolute atomic E-state index is 0.148.